The van der Waals surface area contributed by atoms with Crippen LogP contribution < -0.4 is 15.6 Å². The number of hydrogen-bond acceptors (Lipinski definition) is 3. The summed E-state index contributed by atoms with van der Waals surface area (Å²) in [5.41, 5.74) is 7.06. The third-order valence-electron chi connectivity index (χ3n) is 3.96. The van der Waals surface area contributed by atoms with Gasteiger partial charge in [0.1, 0.15) is 5.75 Å². The summed E-state index contributed by atoms with van der Waals surface area (Å²) in [6.07, 6.45) is 2.10. The van der Waals surface area contributed by atoms with E-state index in [0.717, 1.165) is 27.7 Å². The first kappa shape index (κ1) is 15.6. The van der Waals surface area contributed by atoms with E-state index in [2.05, 4.69) is 16.9 Å². The van der Waals surface area contributed by atoms with Gasteiger partial charge in [0.05, 0.1) is 11.6 Å². The number of benzene rings is 2. The third-order valence-corrected chi connectivity index (χ3v) is 3.96. The molecule has 4 heteroatoms. The maximum Gasteiger partial charge on any atom is 0.263 e. The van der Waals surface area contributed by atoms with Crippen molar-refractivity contribution in [2.75, 3.05) is 0 Å². The molecule has 0 aromatic heterocycles. The fraction of sp³-hybridized carbons (Fsp3) is 0.316. The smallest absolute Gasteiger partial charge is 0.263 e. The van der Waals surface area contributed by atoms with E-state index in [1.807, 2.05) is 64.1 Å². The predicted molar refractivity (Wildman–Crippen MR) is 93.0 cm³/mol. The molecule has 2 aromatic rings. The normalized spacial score (nSPS) is 18.7. The molecule has 4 nitrogen and oxygen atoms in total. The van der Waals surface area contributed by atoms with E-state index in [1.165, 1.54) is 0 Å². The van der Waals surface area contributed by atoms with Crippen molar-refractivity contribution >= 4 is 22.8 Å². The summed E-state index contributed by atoms with van der Waals surface area (Å²) in [4.78, 5) is 12.0. The zero-order chi connectivity index (χ0) is 16.6. The van der Waals surface area contributed by atoms with Crippen LogP contribution in [0.5, 0.6) is 5.75 Å². The Morgan fingerprint density at radius 3 is 2.61 bits per heavy atom. The van der Waals surface area contributed by atoms with Crippen LogP contribution in [0.2, 0.25) is 0 Å². The van der Waals surface area contributed by atoms with Gasteiger partial charge in [0.25, 0.3) is 5.91 Å². The molecule has 120 valence electrons. The summed E-state index contributed by atoms with van der Waals surface area (Å²) in [5.74, 6) is 0.782. The fourth-order valence-corrected chi connectivity index (χ4v) is 2.79. The third kappa shape index (κ3) is 3.08. The number of carbonyl (C=O) groups is 1. The molecule has 0 bridgehead atoms. The molecule has 23 heavy (non-hydrogen) atoms. The SMILES string of the molecule is CC(C)Oc1ccc2c(/C=C3\C(=O)NNC3(C)C)cccc2c1. The molecule has 0 spiro atoms. The Balaban J connectivity index is 2.07. The van der Waals surface area contributed by atoms with Crippen LogP contribution in [-0.4, -0.2) is 17.6 Å². The number of carbonyl (C=O) groups excluding carboxylic acids is 1. The zero-order valence-corrected chi connectivity index (χ0v) is 13.9. The highest BCUT2D eigenvalue weighted by molar-refractivity contribution is 6.04. The number of amides is 1. The van der Waals surface area contributed by atoms with E-state index in [0.29, 0.717) is 0 Å². The quantitative estimate of drug-likeness (QED) is 0.854. The van der Waals surface area contributed by atoms with E-state index >= 15 is 0 Å². The second kappa shape index (κ2) is 5.70. The highest BCUT2D eigenvalue weighted by atomic mass is 16.5. The van der Waals surface area contributed by atoms with Crippen molar-refractivity contribution in [2.45, 2.75) is 39.3 Å². The largest absolute Gasteiger partial charge is 0.491 e. The minimum absolute atomic E-state index is 0.0771. The van der Waals surface area contributed by atoms with Crippen molar-refractivity contribution in [2.24, 2.45) is 0 Å². The molecule has 3 rings (SSSR count). The van der Waals surface area contributed by atoms with Crippen molar-refractivity contribution in [3.63, 3.8) is 0 Å². The van der Waals surface area contributed by atoms with Gasteiger partial charge < -0.3 is 4.74 Å². The Morgan fingerprint density at radius 2 is 1.96 bits per heavy atom. The van der Waals surface area contributed by atoms with E-state index < -0.39 is 0 Å². The van der Waals surface area contributed by atoms with E-state index in [-0.39, 0.29) is 17.6 Å². The summed E-state index contributed by atoms with van der Waals surface area (Å²) in [6.45, 7) is 7.99. The lowest BCUT2D eigenvalue weighted by Crippen LogP contribution is -2.38. The first-order chi connectivity index (χ1) is 10.9. The van der Waals surface area contributed by atoms with Gasteiger partial charge in [0, 0.05) is 5.57 Å². The summed E-state index contributed by atoms with van der Waals surface area (Å²) < 4.78 is 5.76. The van der Waals surface area contributed by atoms with Gasteiger partial charge in [0.2, 0.25) is 0 Å². The van der Waals surface area contributed by atoms with Gasteiger partial charge in [-0.1, -0.05) is 24.3 Å². The number of nitrogens with one attached hydrogen (secondary N) is 2. The van der Waals surface area contributed by atoms with Crippen LogP contribution in [0.15, 0.2) is 42.0 Å². The number of hydrogen-bond donors (Lipinski definition) is 2. The van der Waals surface area contributed by atoms with Gasteiger partial charge in [-0.2, -0.15) is 0 Å². The number of hydrazine groups is 1. The molecular weight excluding hydrogens is 288 g/mol. The first-order valence-electron chi connectivity index (χ1n) is 7.86. The number of rotatable bonds is 3. The average molecular weight is 310 g/mol. The van der Waals surface area contributed by atoms with Crippen LogP contribution in [0.1, 0.15) is 33.3 Å². The summed E-state index contributed by atoms with van der Waals surface area (Å²) >= 11 is 0. The molecule has 0 atom stereocenters. The monoisotopic (exact) mass is 310 g/mol. The van der Waals surface area contributed by atoms with Gasteiger partial charge in [-0.05, 0) is 62.2 Å². The second-order valence-electron chi connectivity index (χ2n) is 6.66. The van der Waals surface area contributed by atoms with Crippen LogP contribution in [0, 0.1) is 0 Å². The Kier molecular flexibility index (Phi) is 3.86. The van der Waals surface area contributed by atoms with Crippen molar-refractivity contribution in [1.82, 2.24) is 10.9 Å². The fourth-order valence-electron chi connectivity index (χ4n) is 2.79. The van der Waals surface area contributed by atoms with Crippen LogP contribution >= 0.6 is 0 Å². The summed E-state index contributed by atoms with van der Waals surface area (Å²) in [7, 11) is 0. The van der Waals surface area contributed by atoms with E-state index in [1.54, 1.807) is 0 Å². The molecule has 1 heterocycles. The van der Waals surface area contributed by atoms with Crippen molar-refractivity contribution in [3.05, 3.63) is 47.5 Å². The number of ether oxygens (including phenoxy) is 1. The highest BCUT2D eigenvalue weighted by Gasteiger charge is 2.34. The maximum absolute atomic E-state index is 12.0. The summed E-state index contributed by atoms with van der Waals surface area (Å²) in [5, 5.41) is 2.20. The zero-order valence-electron chi connectivity index (χ0n) is 13.9. The van der Waals surface area contributed by atoms with Gasteiger partial charge in [-0.3, -0.25) is 10.2 Å². The lowest BCUT2D eigenvalue weighted by Gasteiger charge is -2.17. The van der Waals surface area contributed by atoms with E-state index in [9.17, 15) is 4.79 Å². The predicted octanol–water partition coefficient (Wildman–Crippen LogP) is 3.42. The minimum Gasteiger partial charge on any atom is -0.491 e. The molecule has 0 unspecified atom stereocenters. The van der Waals surface area contributed by atoms with E-state index in [4.69, 9.17) is 4.74 Å². The van der Waals surface area contributed by atoms with Crippen molar-refractivity contribution < 1.29 is 9.53 Å². The molecular formula is C19H22N2O2. The molecule has 1 aliphatic heterocycles. The van der Waals surface area contributed by atoms with Crippen LogP contribution in [0.3, 0.4) is 0 Å². The molecule has 1 fully saturated rings. The Bertz CT molecular complexity index is 791. The first-order valence-corrected chi connectivity index (χ1v) is 7.86. The van der Waals surface area contributed by atoms with Crippen molar-refractivity contribution in [3.8, 4) is 5.75 Å². The van der Waals surface area contributed by atoms with Crippen LogP contribution in [-0.2, 0) is 4.79 Å². The summed E-state index contributed by atoms with van der Waals surface area (Å²) in [6, 6.07) is 12.1. The lowest BCUT2D eigenvalue weighted by atomic mass is 9.92. The topological polar surface area (TPSA) is 50.4 Å². The number of fused-ring (bicyclic) bond motifs is 1. The van der Waals surface area contributed by atoms with Gasteiger partial charge in [0.15, 0.2) is 0 Å². The molecule has 1 aliphatic rings. The molecule has 0 radical (unpaired) electrons. The maximum atomic E-state index is 12.0. The molecule has 2 N–H and O–H groups in total. The molecule has 1 saturated heterocycles. The van der Waals surface area contributed by atoms with Crippen molar-refractivity contribution in [1.29, 1.82) is 0 Å². The Labute approximate surface area is 136 Å². The highest BCUT2D eigenvalue weighted by Crippen LogP contribution is 2.29. The molecule has 1 amide bonds. The van der Waals surface area contributed by atoms with Gasteiger partial charge in [-0.25, -0.2) is 5.43 Å². The molecule has 2 aromatic carbocycles. The minimum atomic E-state index is -0.389. The van der Waals surface area contributed by atoms with Gasteiger partial charge in [-0.15, -0.1) is 0 Å². The Morgan fingerprint density at radius 1 is 1.17 bits per heavy atom. The Hall–Kier alpha value is -2.33. The second-order valence-corrected chi connectivity index (χ2v) is 6.66. The van der Waals surface area contributed by atoms with Crippen LogP contribution in [0.25, 0.3) is 16.8 Å². The molecule has 0 aliphatic carbocycles. The molecule has 0 saturated carbocycles. The average Bonchev–Trinajstić information content (AvgIpc) is 2.73. The van der Waals surface area contributed by atoms with Gasteiger partial charge >= 0.3 is 0 Å². The van der Waals surface area contributed by atoms with Crippen LogP contribution in [0.4, 0.5) is 0 Å². The lowest BCUT2D eigenvalue weighted by molar-refractivity contribution is -0.116. The standard InChI is InChI=1S/C19H22N2O2/c1-12(2)23-15-8-9-16-13(10-15)6-5-7-14(16)11-17-18(22)20-21-19(17,3)4/h5-12,21H,1-4H3,(H,20,22)/b17-11+.